The first-order valence-electron chi connectivity index (χ1n) is 15.3. The van der Waals surface area contributed by atoms with Gasteiger partial charge in [-0.15, -0.1) is 0 Å². The van der Waals surface area contributed by atoms with E-state index >= 15 is 0 Å². The number of nitrogens with zero attached hydrogens (tertiary/aromatic N) is 1. The van der Waals surface area contributed by atoms with Gasteiger partial charge in [-0.25, -0.2) is 4.79 Å². The van der Waals surface area contributed by atoms with Gasteiger partial charge in [0.05, 0.1) is 6.04 Å². The first-order chi connectivity index (χ1) is 21.7. The zero-order chi connectivity index (χ0) is 30.2. The van der Waals surface area contributed by atoms with Crippen molar-refractivity contribution in [3.8, 4) is 0 Å². The molecule has 5 rings (SSSR count). The fourth-order valence-corrected chi connectivity index (χ4v) is 5.41. The van der Waals surface area contributed by atoms with Crippen molar-refractivity contribution in [1.82, 2.24) is 10.2 Å². The fraction of sp³-hybridized carbons (Fsp3) is 0.175. The van der Waals surface area contributed by atoms with E-state index in [1.165, 1.54) is 28.3 Å². The average molecular weight is 581 g/mol. The summed E-state index contributed by atoms with van der Waals surface area (Å²) in [7, 11) is 0. The van der Waals surface area contributed by atoms with Crippen LogP contribution in [0.3, 0.4) is 0 Å². The van der Waals surface area contributed by atoms with Crippen LogP contribution in [0.4, 0.5) is 0 Å². The molecule has 1 N–H and O–H groups in total. The maximum atomic E-state index is 13.0. The molecule has 4 nitrogen and oxygen atoms in total. The molecule has 0 saturated heterocycles. The molecule has 0 amide bonds. The minimum Gasteiger partial charge on any atom is -0.461 e. The van der Waals surface area contributed by atoms with Crippen LogP contribution >= 0.6 is 0 Å². The zero-order valence-corrected chi connectivity index (χ0v) is 25.0. The molecule has 0 aliphatic rings. The van der Waals surface area contributed by atoms with E-state index < -0.39 is 0 Å². The Morgan fingerprint density at radius 1 is 0.614 bits per heavy atom. The Balaban J connectivity index is 1.45. The lowest BCUT2D eigenvalue weighted by atomic mass is 9.96. The Labute approximate surface area is 261 Å². The van der Waals surface area contributed by atoms with Crippen LogP contribution < -0.4 is 5.32 Å². The average Bonchev–Trinajstić information content (AvgIpc) is 3.08. The fourth-order valence-electron chi connectivity index (χ4n) is 5.41. The highest BCUT2D eigenvalue weighted by molar-refractivity contribution is 5.87. The number of carbonyl (C=O) groups excluding carboxylic acids is 1. The molecule has 0 unspecified atom stereocenters. The molecule has 222 valence electrons. The second kappa shape index (κ2) is 16.8. The molecule has 0 aromatic heterocycles. The number of rotatable bonds is 15. The van der Waals surface area contributed by atoms with Crippen molar-refractivity contribution < 1.29 is 9.53 Å². The topological polar surface area (TPSA) is 41.6 Å². The second-order valence-electron chi connectivity index (χ2n) is 11.0. The molecule has 5 aromatic carbocycles. The van der Waals surface area contributed by atoms with E-state index in [0.29, 0.717) is 6.54 Å². The molecule has 0 aliphatic heterocycles. The van der Waals surface area contributed by atoms with E-state index in [1.54, 1.807) is 6.08 Å². The van der Waals surface area contributed by atoms with Gasteiger partial charge in [0.1, 0.15) is 6.61 Å². The van der Waals surface area contributed by atoms with Crippen LogP contribution in [-0.4, -0.2) is 29.6 Å². The number of ether oxygens (including phenoxy) is 1. The molecule has 44 heavy (non-hydrogen) atoms. The van der Waals surface area contributed by atoms with Gasteiger partial charge < -0.3 is 10.1 Å². The van der Waals surface area contributed by atoms with Crippen LogP contribution in [0.1, 0.15) is 27.8 Å². The monoisotopic (exact) mass is 580 g/mol. The van der Waals surface area contributed by atoms with Crippen LogP contribution in [0.15, 0.2) is 158 Å². The summed E-state index contributed by atoms with van der Waals surface area (Å²) in [6.45, 7) is 2.43. The van der Waals surface area contributed by atoms with Crippen LogP contribution in [0.5, 0.6) is 0 Å². The van der Waals surface area contributed by atoms with E-state index in [1.807, 2.05) is 36.4 Å². The Hall–Kier alpha value is -4.77. The minimum atomic E-state index is -0.350. The predicted octanol–water partition coefficient (Wildman–Crippen LogP) is 7.72. The number of hydrogen-bond donors (Lipinski definition) is 1. The van der Waals surface area contributed by atoms with Crippen molar-refractivity contribution in [3.63, 3.8) is 0 Å². The summed E-state index contributed by atoms with van der Waals surface area (Å²) in [6, 6.07) is 51.8. The van der Waals surface area contributed by atoms with Crippen LogP contribution in [0.2, 0.25) is 0 Å². The molecular formula is C40H40N2O2. The van der Waals surface area contributed by atoms with Gasteiger partial charge in [-0.1, -0.05) is 152 Å². The van der Waals surface area contributed by atoms with Gasteiger partial charge in [-0.05, 0) is 40.3 Å². The number of carbonyl (C=O) groups is 1. The van der Waals surface area contributed by atoms with Crippen LogP contribution in [-0.2, 0) is 35.6 Å². The third kappa shape index (κ3) is 9.91. The second-order valence-corrected chi connectivity index (χ2v) is 11.0. The standard InChI is InChI=1S/C40H40N2O2/c43-40(27-26-33-16-6-1-7-17-33)44-32-38(41-29-35-20-10-3-11-21-35)39(28-34-18-8-2-9-19-34)42(30-36-22-12-4-13-23-36)31-37-24-14-5-15-25-37/h1-27,38-39,41H,28-32H2/b27-26+/t38-,39-/m0/s1. The summed E-state index contributed by atoms with van der Waals surface area (Å²) < 4.78 is 5.97. The molecule has 0 fully saturated rings. The smallest absolute Gasteiger partial charge is 0.330 e. The summed E-state index contributed by atoms with van der Waals surface area (Å²) in [5.41, 5.74) is 5.87. The molecule has 0 radical (unpaired) electrons. The van der Waals surface area contributed by atoms with Crippen molar-refractivity contribution in [3.05, 3.63) is 186 Å². The lowest BCUT2D eigenvalue weighted by Gasteiger charge is -2.38. The molecule has 4 heteroatoms. The van der Waals surface area contributed by atoms with Gasteiger partial charge >= 0.3 is 5.97 Å². The Kier molecular flexibility index (Phi) is 11.7. The molecule has 0 aliphatic carbocycles. The minimum absolute atomic E-state index is 0.0208. The Morgan fingerprint density at radius 2 is 1.07 bits per heavy atom. The van der Waals surface area contributed by atoms with Gasteiger partial charge in [0.25, 0.3) is 0 Å². The third-order valence-electron chi connectivity index (χ3n) is 7.71. The highest BCUT2D eigenvalue weighted by Crippen LogP contribution is 2.21. The number of esters is 1. The van der Waals surface area contributed by atoms with Crippen LogP contribution in [0, 0.1) is 0 Å². The van der Waals surface area contributed by atoms with Gasteiger partial charge in [0, 0.05) is 31.8 Å². The largest absolute Gasteiger partial charge is 0.461 e. The SMILES string of the molecule is O=C(/C=C/c1ccccc1)OC[C@H](NCc1ccccc1)[C@H](Cc1ccccc1)N(Cc1ccccc1)Cc1ccccc1. The van der Waals surface area contributed by atoms with Gasteiger partial charge in [-0.3, -0.25) is 4.90 Å². The maximum absolute atomic E-state index is 13.0. The molecule has 0 saturated carbocycles. The van der Waals surface area contributed by atoms with E-state index in [4.69, 9.17) is 4.74 Å². The highest BCUT2D eigenvalue weighted by atomic mass is 16.5. The summed E-state index contributed by atoms with van der Waals surface area (Å²) in [4.78, 5) is 15.5. The summed E-state index contributed by atoms with van der Waals surface area (Å²) >= 11 is 0. The van der Waals surface area contributed by atoms with Crippen molar-refractivity contribution in [2.45, 2.75) is 38.1 Å². The van der Waals surface area contributed by atoms with E-state index in [2.05, 4.69) is 125 Å². The summed E-state index contributed by atoms with van der Waals surface area (Å²) in [5, 5.41) is 3.79. The molecule has 0 bridgehead atoms. The molecule has 2 atom stereocenters. The van der Waals surface area contributed by atoms with Crippen molar-refractivity contribution in [2.75, 3.05) is 6.61 Å². The first kappa shape index (κ1) is 30.7. The summed E-state index contributed by atoms with van der Waals surface area (Å²) in [6.07, 6.45) is 4.11. The van der Waals surface area contributed by atoms with Crippen molar-refractivity contribution in [1.29, 1.82) is 0 Å². The van der Waals surface area contributed by atoms with Gasteiger partial charge in [0.15, 0.2) is 0 Å². The first-order valence-corrected chi connectivity index (χ1v) is 15.3. The predicted molar refractivity (Wildman–Crippen MR) is 180 cm³/mol. The van der Waals surface area contributed by atoms with E-state index in [-0.39, 0.29) is 24.7 Å². The maximum Gasteiger partial charge on any atom is 0.330 e. The molecular weight excluding hydrogens is 540 g/mol. The highest BCUT2D eigenvalue weighted by Gasteiger charge is 2.29. The number of nitrogens with one attached hydrogen (secondary N) is 1. The molecule has 5 aromatic rings. The summed E-state index contributed by atoms with van der Waals surface area (Å²) in [5.74, 6) is -0.350. The third-order valence-corrected chi connectivity index (χ3v) is 7.71. The molecule has 0 spiro atoms. The van der Waals surface area contributed by atoms with Gasteiger partial charge in [-0.2, -0.15) is 0 Å². The number of hydrogen-bond acceptors (Lipinski definition) is 4. The van der Waals surface area contributed by atoms with E-state index in [9.17, 15) is 4.79 Å². The lowest BCUT2D eigenvalue weighted by Crippen LogP contribution is -2.53. The number of benzene rings is 5. The normalized spacial score (nSPS) is 12.7. The zero-order valence-electron chi connectivity index (χ0n) is 25.0. The van der Waals surface area contributed by atoms with Crippen molar-refractivity contribution >= 4 is 12.0 Å². The Bertz CT molecular complexity index is 1500. The Morgan fingerprint density at radius 3 is 1.59 bits per heavy atom. The van der Waals surface area contributed by atoms with E-state index in [0.717, 1.165) is 25.1 Å². The lowest BCUT2D eigenvalue weighted by molar-refractivity contribution is -0.139. The van der Waals surface area contributed by atoms with Gasteiger partial charge in [0.2, 0.25) is 0 Å². The van der Waals surface area contributed by atoms with Crippen LogP contribution in [0.25, 0.3) is 6.08 Å². The quantitative estimate of drug-likeness (QED) is 0.102. The molecule has 0 heterocycles. The van der Waals surface area contributed by atoms with Crippen molar-refractivity contribution in [2.24, 2.45) is 0 Å².